The number of nitrogens with one attached hydrogen (secondary N) is 1. The van der Waals surface area contributed by atoms with Gasteiger partial charge in [0.15, 0.2) is 5.78 Å². The standard InChI is InChI=1S/C18H21N3O2/c1-13-7-9-21(10-8-13)18(23)16(11-19)12-20-17-5-3-15(4-6-17)14(2)22/h3-6,12-13,20H,7-10H2,1-2H3/b16-12-. The van der Waals surface area contributed by atoms with Crippen molar-refractivity contribution in [1.29, 1.82) is 5.26 Å². The molecule has 1 saturated heterocycles. The minimum Gasteiger partial charge on any atom is -0.360 e. The highest BCUT2D eigenvalue weighted by Crippen LogP contribution is 2.18. The molecule has 1 aromatic carbocycles. The summed E-state index contributed by atoms with van der Waals surface area (Å²) in [5.41, 5.74) is 1.44. The maximum atomic E-state index is 12.4. The van der Waals surface area contributed by atoms with Gasteiger partial charge >= 0.3 is 0 Å². The highest BCUT2D eigenvalue weighted by Gasteiger charge is 2.22. The van der Waals surface area contributed by atoms with Crippen LogP contribution in [0.1, 0.15) is 37.0 Å². The highest BCUT2D eigenvalue weighted by atomic mass is 16.2. The van der Waals surface area contributed by atoms with Gasteiger partial charge in [-0.05, 0) is 49.9 Å². The number of amides is 1. The maximum absolute atomic E-state index is 12.4. The summed E-state index contributed by atoms with van der Waals surface area (Å²) in [6, 6.07) is 8.87. The number of hydrogen-bond acceptors (Lipinski definition) is 4. The third-order valence-electron chi connectivity index (χ3n) is 4.10. The second-order valence-corrected chi connectivity index (χ2v) is 5.92. The van der Waals surface area contributed by atoms with Crippen molar-refractivity contribution in [2.45, 2.75) is 26.7 Å². The van der Waals surface area contributed by atoms with Crippen LogP contribution in [0.3, 0.4) is 0 Å². The minimum absolute atomic E-state index is 0.000638. The van der Waals surface area contributed by atoms with Crippen molar-refractivity contribution < 1.29 is 9.59 Å². The molecule has 0 spiro atoms. The van der Waals surface area contributed by atoms with E-state index in [1.54, 1.807) is 29.2 Å². The molecule has 1 fully saturated rings. The van der Waals surface area contributed by atoms with E-state index in [2.05, 4.69) is 12.2 Å². The maximum Gasteiger partial charge on any atom is 0.266 e. The fraction of sp³-hybridized carbons (Fsp3) is 0.389. The molecular formula is C18H21N3O2. The van der Waals surface area contributed by atoms with Crippen molar-refractivity contribution in [3.05, 3.63) is 41.6 Å². The van der Waals surface area contributed by atoms with E-state index in [0.29, 0.717) is 24.6 Å². The average molecular weight is 311 g/mol. The van der Waals surface area contributed by atoms with Gasteiger partial charge in [0, 0.05) is 30.5 Å². The molecule has 0 aromatic heterocycles. The van der Waals surface area contributed by atoms with E-state index < -0.39 is 0 Å². The van der Waals surface area contributed by atoms with E-state index in [4.69, 9.17) is 0 Å². The van der Waals surface area contributed by atoms with Crippen LogP contribution in [0, 0.1) is 17.2 Å². The number of hydrogen-bond donors (Lipinski definition) is 1. The Balaban J connectivity index is 2.02. The van der Waals surface area contributed by atoms with Crippen molar-refractivity contribution in [2.24, 2.45) is 5.92 Å². The van der Waals surface area contributed by atoms with E-state index in [9.17, 15) is 14.9 Å². The zero-order chi connectivity index (χ0) is 16.8. The van der Waals surface area contributed by atoms with Crippen molar-refractivity contribution in [1.82, 2.24) is 4.90 Å². The van der Waals surface area contributed by atoms with Gasteiger partial charge in [-0.1, -0.05) is 6.92 Å². The molecule has 5 heteroatoms. The molecular weight excluding hydrogens is 290 g/mol. The topological polar surface area (TPSA) is 73.2 Å². The third-order valence-corrected chi connectivity index (χ3v) is 4.10. The SMILES string of the molecule is CC(=O)c1ccc(N/C=C(/C#N)C(=O)N2CCC(C)CC2)cc1. The van der Waals surface area contributed by atoms with Gasteiger partial charge in [0.1, 0.15) is 11.6 Å². The Morgan fingerprint density at radius 2 is 1.87 bits per heavy atom. The Morgan fingerprint density at radius 3 is 2.39 bits per heavy atom. The number of anilines is 1. The lowest BCUT2D eigenvalue weighted by Gasteiger charge is -2.30. The monoisotopic (exact) mass is 311 g/mol. The Hall–Kier alpha value is -2.61. The smallest absolute Gasteiger partial charge is 0.266 e. The Bertz CT molecular complexity index is 648. The van der Waals surface area contributed by atoms with Crippen molar-refractivity contribution >= 4 is 17.4 Å². The molecule has 0 radical (unpaired) electrons. The van der Waals surface area contributed by atoms with Crippen LogP contribution in [0.5, 0.6) is 0 Å². The molecule has 1 amide bonds. The molecule has 1 heterocycles. The van der Waals surface area contributed by atoms with Gasteiger partial charge < -0.3 is 10.2 Å². The Morgan fingerprint density at radius 1 is 1.26 bits per heavy atom. The molecule has 1 aliphatic heterocycles. The van der Waals surface area contributed by atoms with Crippen molar-refractivity contribution in [3.63, 3.8) is 0 Å². The first-order valence-corrected chi connectivity index (χ1v) is 7.78. The predicted octanol–water partition coefficient (Wildman–Crippen LogP) is 2.97. The number of rotatable bonds is 4. The van der Waals surface area contributed by atoms with Crippen LogP contribution in [0.4, 0.5) is 5.69 Å². The van der Waals surface area contributed by atoms with Gasteiger partial charge in [-0.25, -0.2) is 0 Å². The normalized spacial score (nSPS) is 15.9. The van der Waals surface area contributed by atoms with Crippen molar-refractivity contribution in [3.8, 4) is 6.07 Å². The summed E-state index contributed by atoms with van der Waals surface area (Å²) in [6.45, 7) is 5.09. The van der Waals surface area contributed by atoms with Crippen LogP contribution in [0.25, 0.3) is 0 Å². The first-order chi connectivity index (χ1) is 11.0. The number of carbonyl (C=O) groups is 2. The molecule has 0 aliphatic carbocycles. The van der Waals surface area contributed by atoms with E-state index in [1.165, 1.54) is 13.1 Å². The molecule has 1 N–H and O–H groups in total. The summed E-state index contributed by atoms with van der Waals surface area (Å²) in [6.07, 6.45) is 3.39. The van der Waals surface area contributed by atoms with Gasteiger partial charge in [-0.3, -0.25) is 9.59 Å². The molecule has 23 heavy (non-hydrogen) atoms. The summed E-state index contributed by atoms with van der Waals surface area (Å²) in [5, 5.41) is 12.2. The third kappa shape index (κ3) is 4.43. The second-order valence-electron chi connectivity index (χ2n) is 5.92. The molecule has 0 atom stereocenters. The van der Waals surface area contributed by atoms with Crippen LogP contribution < -0.4 is 5.32 Å². The molecule has 1 aromatic rings. The Kier molecular flexibility index (Phi) is 5.53. The second kappa shape index (κ2) is 7.59. The fourth-order valence-corrected chi connectivity index (χ4v) is 2.48. The summed E-state index contributed by atoms with van der Waals surface area (Å²) in [7, 11) is 0. The lowest BCUT2D eigenvalue weighted by Crippen LogP contribution is -2.38. The summed E-state index contributed by atoms with van der Waals surface area (Å²) in [5.74, 6) is 0.401. The quantitative estimate of drug-likeness (QED) is 0.527. The van der Waals surface area contributed by atoms with Crippen LogP contribution in [-0.4, -0.2) is 29.7 Å². The molecule has 1 aliphatic rings. The van der Waals surface area contributed by atoms with Crippen molar-refractivity contribution in [2.75, 3.05) is 18.4 Å². The van der Waals surface area contributed by atoms with Gasteiger partial charge in [-0.2, -0.15) is 5.26 Å². The number of likely N-dealkylation sites (tertiary alicyclic amines) is 1. The van der Waals surface area contributed by atoms with Crippen LogP contribution in [0.15, 0.2) is 36.0 Å². The first kappa shape index (κ1) is 16.8. The predicted molar refractivity (Wildman–Crippen MR) is 88.7 cm³/mol. The largest absolute Gasteiger partial charge is 0.360 e. The van der Waals surface area contributed by atoms with Gasteiger partial charge in [0.25, 0.3) is 5.91 Å². The molecule has 2 rings (SSSR count). The molecule has 0 unspecified atom stereocenters. The van der Waals surface area contributed by atoms with E-state index >= 15 is 0 Å². The minimum atomic E-state index is -0.229. The van der Waals surface area contributed by atoms with Gasteiger partial charge in [0.2, 0.25) is 0 Å². The highest BCUT2D eigenvalue weighted by molar-refractivity contribution is 5.97. The van der Waals surface area contributed by atoms with Crippen LogP contribution in [-0.2, 0) is 4.79 Å². The zero-order valence-electron chi connectivity index (χ0n) is 13.5. The number of ketones is 1. The fourth-order valence-electron chi connectivity index (χ4n) is 2.48. The molecule has 120 valence electrons. The van der Waals surface area contributed by atoms with E-state index in [0.717, 1.165) is 18.5 Å². The van der Waals surface area contributed by atoms with E-state index in [-0.39, 0.29) is 17.3 Å². The zero-order valence-corrected chi connectivity index (χ0v) is 13.5. The number of benzene rings is 1. The number of carbonyl (C=O) groups excluding carboxylic acids is 2. The molecule has 0 bridgehead atoms. The van der Waals surface area contributed by atoms with Crippen LogP contribution in [0.2, 0.25) is 0 Å². The molecule has 0 saturated carbocycles. The first-order valence-electron chi connectivity index (χ1n) is 7.78. The number of piperidine rings is 1. The lowest BCUT2D eigenvalue weighted by molar-refractivity contribution is -0.128. The van der Waals surface area contributed by atoms with Gasteiger partial charge in [-0.15, -0.1) is 0 Å². The van der Waals surface area contributed by atoms with E-state index in [1.807, 2.05) is 6.07 Å². The van der Waals surface area contributed by atoms with Gasteiger partial charge in [0.05, 0.1) is 0 Å². The summed E-state index contributed by atoms with van der Waals surface area (Å²) in [4.78, 5) is 25.3. The Labute approximate surface area is 136 Å². The van der Waals surface area contributed by atoms with Crippen LogP contribution >= 0.6 is 0 Å². The molecule has 5 nitrogen and oxygen atoms in total. The average Bonchev–Trinajstić information content (AvgIpc) is 2.56. The number of nitrogens with zero attached hydrogens (tertiary/aromatic N) is 2. The number of Topliss-reactive ketones (excluding diaryl/α,β-unsaturated/α-hetero) is 1. The lowest BCUT2D eigenvalue weighted by atomic mass is 9.99. The number of nitriles is 1. The summed E-state index contributed by atoms with van der Waals surface area (Å²) >= 11 is 0. The summed E-state index contributed by atoms with van der Waals surface area (Å²) < 4.78 is 0.